The van der Waals surface area contributed by atoms with E-state index in [1.165, 1.54) is 30.5 Å². The number of carboxylic acid groups (broad SMARTS) is 1. The summed E-state index contributed by atoms with van der Waals surface area (Å²) >= 11 is 0. The van der Waals surface area contributed by atoms with Gasteiger partial charge in [-0.2, -0.15) is 5.26 Å². The largest absolute Gasteiger partial charge is 0.481 e. The number of amides is 1. The quantitative estimate of drug-likeness (QED) is 0.295. The predicted octanol–water partition coefficient (Wildman–Crippen LogP) is 2.68. The molecule has 0 saturated heterocycles. The van der Waals surface area contributed by atoms with Gasteiger partial charge >= 0.3 is 5.97 Å². The number of rotatable bonds is 7. The summed E-state index contributed by atoms with van der Waals surface area (Å²) in [7, 11) is 0. The van der Waals surface area contributed by atoms with Crippen molar-refractivity contribution in [2.45, 2.75) is 6.42 Å². The van der Waals surface area contributed by atoms with Gasteiger partial charge in [-0.3, -0.25) is 19.7 Å². The highest BCUT2D eigenvalue weighted by atomic mass is 16.6. The summed E-state index contributed by atoms with van der Waals surface area (Å²) in [5.74, 6) is -1.67. The van der Waals surface area contributed by atoms with Crippen molar-refractivity contribution >= 4 is 28.9 Å². The third kappa shape index (κ3) is 5.68. The minimum absolute atomic E-state index is 0.106. The molecular formula is C18H14N4O5. The van der Waals surface area contributed by atoms with E-state index >= 15 is 0 Å². The number of aliphatic carboxylic acids is 1. The van der Waals surface area contributed by atoms with E-state index in [1.54, 1.807) is 30.3 Å². The topological polar surface area (TPSA) is 145 Å². The fourth-order valence-electron chi connectivity index (χ4n) is 2.09. The van der Waals surface area contributed by atoms with Crippen LogP contribution in [0, 0.1) is 21.4 Å². The molecule has 0 bridgehead atoms. The lowest BCUT2D eigenvalue weighted by atomic mass is 10.1. The minimum Gasteiger partial charge on any atom is -0.481 e. The number of nitrogens with zero attached hydrogens (tertiary/aromatic N) is 2. The Balaban J connectivity index is 2.06. The zero-order valence-corrected chi connectivity index (χ0v) is 13.9. The number of nitro benzene ring substituents is 1. The molecule has 0 atom stereocenters. The summed E-state index contributed by atoms with van der Waals surface area (Å²) in [4.78, 5) is 33.0. The summed E-state index contributed by atoms with van der Waals surface area (Å²) in [5, 5.41) is 33.8. The molecule has 2 rings (SSSR count). The van der Waals surface area contributed by atoms with Gasteiger partial charge in [0.15, 0.2) is 0 Å². The number of carbonyl (C=O) groups excluding carboxylic acids is 1. The standard InChI is InChI=1S/C18H14N4O5/c19-10-13(11-20-14-6-4-12(5-7-14)8-17(23)24)18(25)21-15-2-1-3-16(9-15)22(26)27/h1-7,9,11,20H,8H2,(H,21,25)(H,23,24)/b13-11-. The number of benzene rings is 2. The van der Waals surface area contributed by atoms with Crippen molar-refractivity contribution in [3.8, 4) is 6.07 Å². The molecule has 0 aliphatic rings. The normalized spacial score (nSPS) is 10.6. The highest BCUT2D eigenvalue weighted by molar-refractivity contribution is 6.06. The molecule has 9 heteroatoms. The highest BCUT2D eigenvalue weighted by Gasteiger charge is 2.12. The van der Waals surface area contributed by atoms with Crippen molar-refractivity contribution < 1.29 is 19.6 Å². The van der Waals surface area contributed by atoms with Crippen LogP contribution in [-0.4, -0.2) is 21.9 Å². The van der Waals surface area contributed by atoms with E-state index in [4.69, 9.17) is 10.4 Å². The summed E-state index contributed by atoms with van der Waals surface area (Å²) in [6, 6.07) is 13.5. The second kappa shape index (κ2) is 8.77. The molecule has 0 aliphatic heterocycles. The number of nitriles is 1. The zero-order valence-electron chi connectivity index (χ0n) is 13.9. The number of hydrogen-bond acceptors (Lipinski definition) is 6. The van der Waals surface area contributed by atoms with E-state index in [-0.39, 0.29) is 23.4 Å². The third-order valence-electron chi connectivity index (χ3n) is 3.37. The van der Waals surface area contributed by atoms with Crippen molar-refractivity contribution in [2.24, 2.45) is 0 Å². The van der Waals surface area contributed by atoms with Crippen LogP contribution in [0.2, 0.25) is 0 Å². The van der Waals surface area contributed by atoms with Crippen LogP contribution in [0.15, 0.2) is 60.3 Å². The van der Waals surface area contributed by atoms with Gasteiger partial charge in [-0.05, 0) is 23.8 Å². The third-order valence-corrected chi connectivity index (χ3v) is 3.37. The van der Waals surface area contributed by atoms with Gasteiger partial charge in [-0.15, -0.1) is 0 Å². The van der Waals surface area contributed by atoms with Crippen molar-refractivity contribution in [3.05, 3.63) is 76.0 Å². The molecule has 0 heterocycles. The average molecular weight is 366 g/mol. The van der Waals surface area contributed by atoms with Crippen molar-refractivity contribution in [1.82, 2.24) is 0 Å². The molecule has 0 spiro atoms. The Morgan fingerprint density at radius 1 is 1.19 bits per heavy atom. The van der Waals surface area contributed by atoms with Crippen LogP contribution < -0.4 is 10.6 Å². The average Bonchev–Trinajstić information content (AvgIpc) is 2.63. The number of carboxylic acids is 1. The lowest BCUT2D eigenvalue weighted by molar-refractivity contribution is -0.384. The van der Waals surface area contributed by atoms with E-state index in [9.17, 15) is 19.7 Å². The van der Waals surface area contributed by atoms with Crippen LogP contribution in [0.3, 0.4) is 0 Å². The molecule has 136 valence electrons. The molecular weight excluding hydrogens is 352 g/mol. The van der Waals surface area contributed by atoms with E-state index in [2.05, 4.69) is 10.6 Å². The Kier molecular flexibility index (Phi) is 6.22. The fraction of sp³-hybridized carbons (Fsp3) is 0.0556. The maximum Gasteiger partial charge on any atom is 0.307 e. The highest BCUT2D eigenvalue weighted by Crippen LogP contribution is 2.18. The number of non-ortho nitro benzene ring substituents is 1. The number of nitro groups is 1. The molecule has 2 aromatic rings. The lowest BCUT2D eigenvalue weighted by Gasteiger charge is -2.06. The SMILES string of the molecule is N#C/C(=C/Nc1ccc(CC(=O)O)cc1)C(=O)Nc1cccc([N+](=O)[O-])c1. The summed E-state index contributed by atoms with van der Waals surface area (Å²) in [6.45, 7) is 0. The van der Waals surface area contributed by atoms with Gasteiger partial charge in [0.2, 0.25) is 0 Å². The first-order chi connectivity index (χ1) is 12.9. The maximum absolute atomic E-state index is 12.1. The first-order valence-electron chi connectivity index (χ1n) is 7.62. The van der Waals surface area contributed by atoms with Crippen LogP contribution >= 0.6 is 0 Å². The number of hydrogen-bond donors (Lipinski definition) is 3. The van der Waals surface area contributed by atoms with E-state index in [0.717, 1.165) is 0 Å². The first kappa shape index (κ1) is 19.1. The molecule has 0 aromatic heterocycles. The van der Waals surface area contributed by atoms with Crippen LogP contribution in [0.5, 0.6) is 0 Å². The van der Waals surface area contributed by atoms with Gasteiger partial charge in [0, 0.05) is 29.7 Å². The summed E-state index contributed by atoms with van der Waals surface area (Å²) in [5.41, 5.74) is 0.931. The molecule has 0 saturated carbocycles. The molecule has 1 amide bonds. The van der Waals surface area contributed by atoms with E-state index < -0.39 is 16.8 Å². The molecule has 2 aromatic carbocycles. The molecule has 9 nitrogen and oxygen atoms in total. The fourth-order valence-corrected chi connectivity index (χ4v) is 2.09. The molecule has 0 radical (unpaired) electrons. The summed E-state index contributed by atoms with van der Waals surface area (Å²) < 4.78 is 0. The van der Waals surface area contributed by atoms with Gasteiger partial charge < -0.3 is 15.7 Å². The number of carbonyl (C=O) groups is 2. The number of nitrogens with one attached hydrogen (secondary N) is 2. The second-order valence-corrected chi connectivity index (χ2v) is 5.34. The Morgan fingerprint density at radius 3 is 2.48 bits per heavy atom. The lowest BCUT2D eigenvalue weighted by Crippen LogP contribution is -2.14. The Labute approximate surface area is 153 Å². The maximum atomic E-state index is 12.1. The Hall–Kier alpha value is -4.19. The van der Waals surface area contributed by atoms with Crippen LogP contribution in [0.1, 0.15) is 5.56 Å². The van der Waals surface area contributed by atoms with Crippen molar-refractivity contribution in [3.63, 3.8) is 0 Å². The van der Waals surface area contributed by atoms with Gasteiger partial charge in [0.25, 0.3) is 11.6 Å². The van der Waals surface area contributed by atoms with Gasteiger partial charge in [-0.25, -0.2) is 0 Å². The van der Waals surface area contributed by atoms with Gasteiger partial charge in [0.1, 0.15) is 11.6 Å². The molecule has 0 aliphatic carbocycles. The Morgan fingerprint density at radius 2 is 1.89 bits per heavy atom. The number of anilines is 2. The van der Waals surface area contributed by atoms with Gasteiger partial charge in [-0.1, -0.05) is 18.2 Å². The second-order valence-electron chi connectivity index (χ2n) is 5.34. The molecule has 3 N–H and O–H groups in total. The predicted molar refractivity (Wildman–Crippen MR) is 96.8 cm³/mol. The minimum atomic E-state index is -0.944. The molecule has 0 fully saturated rings. The van der Waals surface area contributed by atoms with E-state index in [1.807, 2.05) is 0 Å². The van der Waals surface area contributed by atoms with Crippen molar-refractivity contribution in [1.29, 1.82) is 5.26 Å². The van der Waals surface area contributed by atoms with Crippen molar-refractivity contribution in [2.75, 3.05) is 10.6 Å². The molecule has 27 heavy (non-hydrogen) atoms. The zero-order chi connectivity index (χ0) is 19.8. The van der Waals surface area contributed by atoms with Crippen LogP contribution in [0.4, 0.5) is 17.1 Å². The molecule has 0 unspecified atom stereocenters. The monoisotopic (exact) mass is 366 g/mol. The smallest absolute Gasteiger partial charge is 0.307 e. The van der Waals surface area contributed by atoms with E-state index in [0.29, 0.717) is 11.3 Å². The van der Waals surface area contributed by atoms with Gasteiger partial charge in [0.05, 0.1) is 11.3 Å². The van der Waals surface area contributed by atoms with Crippen LogP contribution in [0.25, 0.3) is 0 Å². The first-order valence-corrected chi connectivity index (χ1v) is 7.62. The van der Waals surface area contributed by atoms with Crippen LogP contribution in [-0.2, 0) is 16.0 Å². The Bertz CT molecular complexity index is 945. The summed E-state index contributed by atoms with van der Waals surface area (Å²) in [6.07, 6.45) is 1.09.